The number of unbranched alkanes of at least 4 members (excludes halogenated alkanes) is 1. The van der Waals surface area contributed by atoms with E-state index in [2.05, 4.69) is 10.6 Å². The van der Waals surface area contributed by atoms with Crippen molar-refractivity contribution in [3.8, 4) is 0 Å². The fourth-order valence-corrected chi connectivity index (χ4v) is 2.19. The number of aliphatic hydroxyl groups excluding tert-OH is 1. The molecule has 3 N–H and O–H groups in total. The quantitative estimate of drug-likeness (QED) is 0.608. The number of rotatable bonds is 6. The number of amides is 3. The average molecular weight is 271 g/mol. The summed E-state index contributed by atoms with van der Waals surface area (Å²) in [6.45, 7) is 6.11. The maximum absolute atomic E-state index is 11.6. The first-order valence-electron chi connectivity index (χ1n) is 7.01. The second-order valence-corrected chi connectivity index (χ2v) is 5.18. The monoisotopic (exact) mass is 271 g/mol. The minimum atomic E-state index is -0.426. The van der Waals surface area contributed by atoms with Crippen molar-refractivity contribution in [1.82, 2.24) is 15.5 Å². The molecule has 1 aliphatic rings. The molecule has 0 aliphatic carbocycles. The predicted molar refractivity (Wildman–Crippen MR) is 72.7 cm³/mol. The minimum absolute atomic E-state index is 0.213. The minimum Gasteiger partial charge on any atom is -0.393 e. The molecule has 1 rings (SSSR count). The molecule has 6 nitrogen and oxygen atoms in total. The van der Waals surface area contributed by atoms with Crippen molar-refractivity contribution in [2.45, 2.75) is 39.2 Å². The number of nitrogens with zero attached hydrogens (tertiary/aromatic N) is 1. The highest BCUT2D eigenvalue weighted by Gasteiger charge is 2.27. The van der Waals surface area contributed by atoms with Gasteiger partial charge in [-0.3, -0.25) is 15.0 Å². The van der Waals surface area contributed by atoms with Crippen molar-refractivity contribution in [3.05, 3.63) is 0 Å². The lowest BCUT2D eigenvalue weighted by molar-refractivity contribution is -0.121. The van der Waals surface area contributed by atoms with Crippen LogP contribution in [0.1, 0.15) is 33.1 Å². The van der Waals surface area contributed by atoms with Crippen LogP contribution in [0.3, 0.4) is 0 Å². The average Bonchev–Trinajstić information content (AvgIpc) is 2.77. The van der Waals surface area contributed by atoms with E-state index in [4.69, 9.17) is 0 Å². The number of carbonyl (C=O) groups excluding carboxylic acids is 2. The zero-order valence-corrected chi connectivity index (χ0v) is 11.8. The first kappa shape index (κ1) is 15.9. The van der Waals surface area contributed by atoms with Crippen molar-refractivity contribution >= 4 is 11.9 Å². The lowest BCUT2D eigenvalue weighted by Gasteiger charge is -2.16. The Bertz CT molecular complexity index is 308. The zero-order valence-electron chi connectivity index (χ0n) is 11.8. The van der Waals surface area contributed by atoms with Crippen LogP contribution in [0.4, 0.5) is 4.79 Å². The van der Waals surface area contributed by atoms with Crippen LogP contribution in [0.15, 0.2) is 0 Å². The second-order valence-electron chi connectivity index (χ2n) is 5.18. The molecule has 1 fully saturated rings. The number of carbonyl (C=O) groups is 2. The van der Waals surface area contributed by atoms with E-state index in [9.17, 15) is 14.7 Å². The molecule has 0 spiro atoms. The Morgan fingerprint density at radius 3 is 2.79 bits per heavy atom. The van der Waals surface area contributed by atoms with Crippen molar-refractivity contribution in [2.24, 2.45) is 5.92 Å². The third-order valence-electron chi connectivity index (χ3n) is 3.43. The summed E-state index contributed by atoms with van der Waals surface area (Å²) in [7, 11) is 0. The van der Waals surface area contributed by atoms with Gasteiger partial charge < -0.3 is 10.4 Å². The summed E-state index contributed by atoms with van der Waals surface area (Å²) in [5.74, 6) is -0.0635. The highest BCUT2D eigenvalue weighted by Crippen LogP contribution is 2.18. The molecule has 110 valence electrons. The van der Waals surface area contributed by atoms with E-state index in [0.717, 1.165) is 25.8 Å². The highest BCUT2D eigenvalue weighted by molar-refractivity contribution is 5.95. The van der Waals surface area contributed by atoms with E-state index >= 15 is 0 Å². The van der Waals surface area contributed by atoms with Gasteiger partial charge in [0.05, 0.1) is 12.6 Å². The smallest absolute Gasteiger partial charge is 0.321 e. The normalized spacial score (nSPS) is 21.1. The molecule has 6 heteroatoms. The van der Waals surface area contributed by atoms with Crippen LogP contribution < -0.4 is 10.6 Å². The molecular formula is C13H25N3O3. The van der Waals surface area contributed by atoms with Gasteiger partial charge in [-0.2, -0.15) is 0 Å². The molecule has 0 aromatic carbocycles. The number of hydrogen-bond donors (Lipinski definition) is 3. The summed E-state index contributed by atoms with van der Waals surface area (Å²) in [4.78, 5) is 25.0. The molecule has 1 heterocycles. The van der Waals surface area contributed by atoms with Gasteiger partial charge in [0.2, 0.25) is 5.91 Å². The molecule has 0 aromatic rings. The van der Waals surface area contributed by atoms with E-state index in [-0.39, 0.29) is 24.5 Å². The van der Waals surface area contributed by atoms with Gasteiger partial charge in [-0.15, -0.1) is 0 Å². The van der Waals surface area contributed by atoms with Gasteiger partial charge in [0, 0.05) is 13.1 Å². The van der Waals surface area contributed by atoms with Gasteiger partial charge in [-0.1, -0.05) is 13.3 Å². The number of likely N-dealkylation sites (tertiary alicyclic amines) is 1. The van der Waals surface area contributed by atoms with E-state index in [1.165, 1.54) is 0 Å². The first-order chi connectivity index (χ1) is 9.02. The summed E-state index contributed by atoms with van der Waals surface area (Å²) in [5.41, 5.74) is 0. The molecule has 1 aliphatic heterocycles. The summed E-state index contributed by atoms with van der Waals surface area (Å²) in [5, 5.41) is 14.4. The fraction of sp³-hybridized carbons (Fsp3) is 0.846. The summed E-state index contributed by atoms with van der Waals surface area (Å²) in [6.07, 6.45) is 2.46. The Morgan fingerprint density at radius 1 is 1.47 bits per heavy atom. The Hall–Kier alpha value is -1.14. The van der Waals surface area contributed by atoms with E-state index in [1.807, 2.05) is 11.8 Å². The molecule has 19 heavy (non-hydrogen) atoms. The van der Waals surface area contributed by atoms with E-state index in [0.29, 0.717) is 13.1 Å². The lowest BCUT2D eigenvalue weighted by atomic mass is 10.0. The molecular weight excluding hydrogens is 246 g/mol. The maximum atomic E-state index is 11.6. The van der Waals surface area contributed by atoms with Crippen molar-refractivity contribution in [2.75, 3.05) is 26.2 Å². The molecule has 2 unspecified atom stereocenters. The topological polar surface area (TPSA) is 81.7 Å². The van der Waals surface area contributed by atoms with Gasteiger partial charge in [0.25, 0.3) is 0 Å². The van der Waals surface area contributed by atoms with Gasteiger partial charge in [0.15, 0.2) is 0 Å². The van der Waals surface area contributed by atoms with E-state index < -0.39 is 6.03 Å². The molecule has 0 saturated carbocycles. The molecule has 0 bridgehead atoms. The Balaban J connectivity index is 2.19. The molecule has 1 saturated heterocycles. The van der Waals surface area contributed by atoms with Gasteiger partial charge in [-0.05, 0) is 32.2 Å². The number of nitrogens with one attached hydrogen (secondary N) is 2. The standard InChI is InChI=1S/C13H25N3O3/c1-3-4-6-14-13(19)15-12(18)9-16-7-5-11(8-16)10(2)17/h10-11,17H,3-9H2,1-2H3,(H2,14,15,18,19). The molecule has 0 radical (unpaired) electrons. The van der Waals surface area contributed by atoms with Crippen LogP contribution in [0.5, 0.6) is 0 Å². The number of imide groups is 1. The van der Waals surface area contributed by atoms with Crippen LogP contribution >= 0.6 is 0 Å². The number of urea groups is 1. The number of aliphatic hydroxyl groups is 1. The van der Waals surface area contributed by atoms with Crippen molar-refractivity contribution < 1.29 is 14.7 Å². The van der Waals surface area contributed by atoms with Crippen LogP contribution in [-0.2, 0) is 4.79 Å². The maximum Gasteiger partial charge on any atom is 0.321 e. The second kappa shape index (κ2) is 8.12. The van der Waals surface area contributed by atoms with Crippen LogP contribution in [0.25, 0.3) is 0 Å². The molecule has 3 amide bonds. The van der Waals surface area contributed by atoms with E-state index in [1.54, 1.807) is 6.92 Å². The first-order valence-corrected chi connectivity index (χ1v) is 7.01. The molecule has 0 aromatic heterocycles. The van der Waals surface area contributed by atoms with Crippen LogP contribution in [-0.4, -0.2) is 54.2 Å². The molecule has 2 atom stereocenters. The third kappa shape index (κ3) is 6.02. The van der Waals surface area contributed by atoms with Gasteiger partial charge in [0.1, 0.15) is 0 Å². The van der Waals surface area contributed by atoms with Gasteiger partial charge >= 0.3 is 6.03 Å². The SMILES string of the molecule is CCCCNC(=O)NC(=O)CN1CCC(C(C)O)C1. The summed E-state index contributed by atoms with van der Waals surface area (Å²) < 4.78 is 0. The van der Waals surface area contributed by atoms with Gasteiger partial charge in [-0.25, -0.2) is 4.79 Å². The largest absolute Gasteiger partial charge is 0.393 e. The number of hydrogen-bond acceptors (Lipinski definition) is 4. The van der Waals surface area contributed by atoms with Crippen molar-refractivity contribution in [3.63, 3.8) is 0 Å². The van der Waals surface area contributed by atoms with Crippen molar-refractivity contribution in [1.29, 1.82) is 0 Å². The Morgan fingerprint density at radius 2 is 2.21 bits per heavy atom. The highest BCUT2D eigenvalue weighted by atomic mass is 16.3. The predicted octanol–water partition coefficient (Wildman–Crippen LogP) is 0.315. The lowest BCUT2D eigenvalue weighted by Crippen LogP contribution is -2.44. The summed E-state index contributed by atoms with van der Waals surface area (Å²) >= 11 is 0. The zero-order chi connectivity index (χ0) is 14.3. The van der Waals surface area contributed by atoms with Crippen LogP contribution in [0, 0.1) is 5.92 Å². The fourth-order valence-electron chi connectivity index (χ4n) is 2.19. The third-order valence-corrected chi connectivity index (χ3v) is 3.43. The Labute approximate surface area is 114 Å². The Kier molecular flexibility index (Phi) is 6.80. The summed E-state index contributed by atoms with van der Waals surface area (Å²) in [6, 6.07) is -0.426. The van der Waals surface area contributed by atoms with Crippen LogP contribution in [0.2, 0.25) is 0 Å².